The second kappa shape index (κ2) is 13.9. The third kappa shape index (κ3) is 12.7. The summed E-state index contributed by atoms with van der Waals surface area (Å²) in [4.78, 5) is 11.6. The molecule has 0 aliphatic heterocycles. The standard InChI is InChI=1S/C22H35ClO2/c1-7-25-22(24)21(23)20(6)16-10-15-19(5)14-9-13-18(4)12-8-11-17(2)3/h11,13,15H,7-10,12,14,16H2,1-6H3/b18-13+,19-15+,21-20-. The Kier molecular flexibility index (Phi) is 13.2. The molecule has 0 saturated carbocycles. The first-order chi connectivity index (χ1) is 11.8. The van der Waals surface area contributed by atoms with Crippen LogP contribution in [0.2, 0.25) is 0 Å². The van der Waals surface area contributed by atoms with Crippen LogP contribution in [-0.2, 0) is 9.53 Å². The highest BCUT2D eigenvalue weighted by Gasteiger charge is 2.10. The van der Waals surface area contributed by atoms with Gasteiger partial charge in [-0.3, -0.25) is 0 Å². The van der Waals surface area contributed by atoms with E-state index in [0.717, 1.165) is 44.1 Å². The number of allylic oxidation sites excluding steroid dienone is 7. The van der Waals surface area contributed by atoms with Crippen LogP contribution in [0.4, 0.5) is 0 Å². The summed E-state index contributed by atoms with van der Waals surface area (Å²) in [6.45, 7) is 12.7. The molecule has 0 radical (unpaired) electrons. The van der Waals surface area contributed by atoms with Crippen LogP contribution in [0.1, 0.15) is 80.1 Å². The van der Waals surface area contributed by atoms with Crippen molar-refractivity contribution in [1.29, 1.82) is 0 Å². The van der Waals surface area contributed by atoms with Crippen LogP contribution in [-0.4, -0.2) is 12.6 Å². The molecule has 2 nitrogen and oxygen atoms in total. The number of ether oxygens (including phenoxy) is 1. The Bertz CT molecular complexity index is 532. The van der Waals surface area contributed by atoms with E-state index in [1.807, 2.05) is 6.92 Å². The average molecular weight is 367 g/mol. The Morgan fingerprint density at radius 1 is 0.840 bits per heavy atom. The van der Waals surface area contributed by atoms with Crippen LogP contribution in [0.3, 0.4) is 0 Å². The van der Waals surface area contributed by atoms with Crippen molar-refractivity contribution >= 4 is 17.6 Å². The molecule has 0 aromatic rings. The van der Waals surface area contributed by atoms with Crippen LogP contribution >= 0.6 is 11.6 Å². The number of carbonyl (C=O) groups is 1. The molecule has 0 spiro atoms. The van der Waals surface area contributed by atoms with E-state index in [-0.39, 0.29) is 5.03 Å². The fourth-order valence-corrected chi connectivity index (χ4v) is 2.50. The lowest BCUT2D eigenvalue weighted by atomic mass is 10.0. The zero-order chi connectivity index (χ0) is 19.2. The molecule has 0 aromatic carbocycles. The zero-order valence-electron chi connectivity index (χ0n) is 16.9. The van der Waals surface area contributed by atoms with E-state index in [1.54, 1.807) is 6.92 Å². The van der Waals surface area contributed by atoms with E-state index in [9.17, 15) is 4.79 Å². The number of carbonyl (C=O) groups excluding carboxylic acids is 1. The van der Waals surface area contributed by atoms with E-state index < -0.39 is 5.97 Å². The van der Waals surface area contributed by atoms with E-state index in [2.05, 4.69) is 45.9 Å². The number of hydrogen-bond donors (Lipinski definition) is 0. The van der Waals surface area contributed by atoms with Gasteiger partial charge in [0.1, 0.15) is 5.03 Å². The predicted octanol–water partition coefficient (Wildman–Crippen LogP) is 7.26. The van der Waals surface area contributed by atoms with Gasteiger partial charge in [-0.1, -0.05) is 46.5 Å². The summed E-state index contributed by atoms with van der Waals surface area (Å²) >= 11 is 6.03. The van der Waals surface area contributed by atoms with E-state index in [1.165, 1.54) is 16.7 Å². The molecule has 0 atom stereocenters. The molecule has 0 rings (SSSR count). The first-order valence-electron chi connectivity index (χ1n) is 9.24. The molecule has 142 valence electrons. The number of halogens is 1. The third-order valence-corrected chi connectivity index (χ3v) is 4.44. The lowest BCUT2D eigenvalue weighted by Crippen LogP contribution is -2.05. The Labute approximate surface area is 159 Å². The van der Waals surface area contributed by atoms with Crippen molar-refractivity contribution in [2.24, 2.45) is 0 Å². The first-order valence-corrected chi connectivity index (χ1v) is 9.62. The molecule has 0 aromatic heterocycles. The van der Waals surface area contributed by atoms with Gasteiger partial charge in [0.15, 0.2) is 0 Å². The Hall–Kier alpha value is -1.28. The Morgan fingerprint density at radius 2 is 1.32 bits per heavy atom. The average Bonchev–Trinajstić information content (AvgIpc) is 2.53. The van der Waals surface area contributed by atoms with Gasteiger partial charge in [0.2, 0.25) is 0 Å². The minimum atomic E-state index is -0.420. The van der Waals surface area contributed by atoms with Crippen molar-refractivity contribution in [1.82, 2.24) is 0 Å². The largest absolute Gasteiger partial charge is 0.462 e. The quantitative estimate of drug-likeness (QED) is 0.218. The van der Waals surface area contributed by atoms with Crippen molar-refractivity contribution in [3.8, 4) is 0 Å². The maximum atomic E-state index is 11.6. The summed E-state index contributed by atoms with van der Waals surface area (Å²) in [5.74, 6) is -0.420. The molecule has 0 saturated heterocycles. The summed E-state index contributed by atoms with van der Waals surface area (Å²) < 4.78 is 4.91. The van der Waals surface area contributed by atoms with E-state index in [0.29, 0.717) is 6.61 Å². The molecule has 0 aliphatic carbocycles. The van der Waals surface area contributed by atoms with Gasteiger partial charge in [0.05, 0.1) is 6.61 Å². The van der Waals surface area contributed by atoms with Gasteiger partial charge in [-0.05, 0) is 85.6 Å². The second-order valence-corrected chi connectivity index (χ2v) is 7.19. The van der Waals surface area contributed by atoms with Crippen molar-refractivity contribution < 1.29 is 9.53 Å². The minimum absolute atomic E-state index is 0.225. The van der Waals surface area contributed by atoms with Crippen molar-refractivity contribution in [3.05, 3.63) is 45.6 Å². The lowest BCUT2D eigenvalue weighted by molar-refractivity contribution is -0.137. The highest BCUT2D eigenvalue weighted by Crippen LogP contribution is 2.18. The van der Waals surface area contributed by atoms with E-state index >= 15 is 0 Å². The monoisotopic (exact) mass is 366 g/mol. The summed E-state index contributed by atoms with van der Waals surface area (Å²) in [6.07, 6.45) is 13.0. The highest BCUT2D eigenvalue weighted by atomic mass is 35.5. The molecule has 0 unspecified atom stereocenters. The molecule has 25 heavy (non-hydrogen) atoms. The fourth-order valence-electron chi connectivity index (χ4n) is 2.35. The topological polar surface area (TPSA) is 26.3 Å². The molecular weight excluding hydrogens is 332 g/mol. The molecule has 0 bridgehead atoms. The van der Waals surface area contributed by atoms with Crippen LogP contribution in [0, 0.1) is 0 Å². The number of hydrogen-bond acceptors (Lipinski definition) is 2. The molecule has 3 heteroatoms. The van der Waals surface area contributed by atoms with Crippen LogP contribution < -0.4 is 0 Å². The smallest absolute Gasteiger partial charge is 0.349 e. The molecule has 0 amide bonds. The highest BCUT2D eigenvalue weighted by molar-refractivity contribution is 6.41. The summed E-state index contributed by atoms with van der Waals surface area (Å²) in [5.41, 5.74) is 5.12. The normalized spacial score (nSPS) is 13.4. The SMILES string of the molecule is CCOC(=O)/C(Cl)=C(\C)CC/C=C(\C)CC/C=C(\C)CCC=C(C)C. The van der Waals surface area contributed by atoms with Gasteiger partial charge < -0.3 is 4.74 Å². The predicted molar refractivity (Wildman–Crippen MR) is 110 cm³/mol. The van der Waals surface area contributed by atoms with Gasteiger partial charge in [0.25, 0.3) is 0 Å². The lowest BCUT2D eigenvalue weighted by Gasteiger charge is -2.05. The molecule has 0 heterocycles. The van der Waals surface area contributed by atoms with Crippen molar-refractivity contribution in [3.63, 3.8) is 0 Å². The number of esters is 1. The Morgan fingerprint density at radius 3 is 1.80 bits per heavy atom. The zero-order valence-corrected chi connectivity index (χ0v) is 17.6. The summed E-state index contributed by atoms with van der Waals surface area (Å²) in [5, 5.41) is 0.225. The van der Waals surface area contributed by atoms with Crippen LogP contribution in [0.25, 0.3) is 0 Å². The first kappa shape index (κ1) is 23.7. The van der Waals surface area contributed by atoms with Gasteiger partial charge in [-0.25, -0.2) is 4.79 Å². The molecular formula is C22H35ClO2. The van der Waals surface area contributed by atoms with Crippen molar-refractivity contribution in [2.45, 2.75) is 80.1 Å². The Balaban J connectivity index is 4.23. The molecule has 0 aliphatic rings. The number of rotatable bonds is 11. The maximum absolute atomic E-state index is 11.6. The second-order valence-electron chi connectivity index (χ2n) is 6.81. The van der Waals surface area contributed by atoms with Gasteiger partial charge in [-0.15, -0.1) is 0 Å². The third-order valence-electron chi connectivity index (χ3n) is 3.96. The van der Waals surface area contributed by atoms with Gasteiger partial charge >= 0.3 is 5.97 Å². The summed E-state index contributed by atoms with van der Waals surface area (Å²) in [6, 6.07) is 0. The maximum Gasteiger partial charge on any atom is 0.349 e. The van der Waals surface area contributed by atoms with Gasteiger partial charge in [0, 0.05) is 0 Å². The van der Waals surface area contributed by atoms with Crippen LogP contribution in [0.15, 0.2) is 45.6 Å². The van der Waals surface area contributed by atoms with E-state index in [4.69, 9.17) is 16.3 Å². The van der Waals surface area contributed by atoms with Crippen molar-refractivity contribution in [2.75, 3.05) is 6.61 Å². The van der Waals surface area contributed by atoms with Gasteiger partial charge in [-0.2, -0.15) is 0 Å². The fraction of sp³-hybridized carbons (Fsp3) is 0.591. The summed E-state index contributed by atoms with van der Waals surface area (Å²) in [7, 11) is 0. The molecule has 0 N–H and O–H groups in total. The minimum Gasteiger partial charge on any atom is -0.462 e. The van der Waals surface area contributed by atoms with Crippen LogP contribution in [0.5, 0.6) is 0 Å². The molecule has 0 fully saturated rings.